The highest BCUT2D eigenvalue weighted by Gasteiger charge is 2.34. The van der Waals surface area contributed by atoms with Crippen molar-refractivity contribution in [1.82, 2.24) is 19.6 Å². The first-order chi connectivity index (χ1) is 16.0. The van der Waals surface area contributed by atoms with Crippen molar-refractivity contribution in [2.24, 2.45) is 10.1 Å². The van der Waals surface area contributed by atoms with E-state index in [0.29, 0.717) is 22.9 Å². The molecule has 9 nitrogen and oxygen atoms in total. The van der Waals surface area contributed by atoms with Gasteiger partial charge in [-0.3, -0.25) is 9.97 Å². The first kappa shape index (κ1) is 22.3. The molecule has 0 N–H and O–H groups in total. The molecule has 0 bridgehead atoms. The van der Waals surface area contributed by atoms with Gasteiger partial charge < -0.3 is 9.64 Å². The molecule has 0 amide bonds. The van der Waals surface area contributed by atoms with Gasteiger partial charge in [-0.2, -0.15) is 5.10 Å². The number of nitrogens with zero attached hydrogens (tertiary/aromatic N) is 7. The van der Waals surface area contributed by atoms with Gasteiger partial charge in [0.25, 0.3) is 0 Å². The summed E-state index contributed by atoms with van der Waals surface area (Å²) >= 11 is 0. The number of fused-ring (bicyclic) bond motifs is 1. The maximum Gasteiger partial charge on any atom is 0.361 e. The quantitative estimate of drug-likeness (QED) is 0.514. The first-order valence-corrected chi connectivity index (χ1v) is 11.0. The molecular weight excluding hydrogens is 418 g/mol. The summed E-state index contributed by atoms with van der Waals surface area (Å²) < 4.78 is 6.86. The lowest BCUT2D eigenvalue weighted by Gasteiger charge is -2.21. The normalized spacial score (nSPS) is 13.7. The van der Waals surface area contributed by atoms with Gasteiger partial charge in [-0.05, 0) is 58.4 Å². The van der Waals surface area contributed by atoms with Crippen LogP contribution in [-0.2, 0) is 9.53 Å². The molecular formula is C24H27N7O2. The third kappa shape index (κ3) is 4.13. The molecule has 0 saturated heterocycles. The number of hydrogen-bond acceptors (Lipinski definition) is 8. The van der Waals surface area contributed by atoms with Crippen molar-refractivity contribution in [3.8, 4) is 11.4 Å². The molecule has 1 aliphatic rings. The van der Waals surface area contributed by atoms with Crippen LogP contribution in [0, 0.1) is 13.8 Å². The Hall–Kier alpha value is -3.88. The Labute approximate surface area is 192 Å². The number of carbonyl (C=O) groups excluding carboxylic acids is 1. The molecule has 0 atom stereocenters. The largest absolute Gasteiger partial charge is 0.461 e. The molecule has 1 aliphatic heterocycles. The summed E-state index contributed by atoms with van der Waals surface area (Å²) in [7, 11) is 0. The van der Waals surface area contributed by atoms with Crippen LogP contribution in [-0.4, -0.2) is 56.7 Å². The number of esters is 1. The van der Waals surface area contributed by atoms with Gasteiger partial charge in [0.05, 0.1) is 24.2 Å². The summed E-state index contributed by atoms with van der Waals surface area (Å²) in [4.78, 5) is 33.0. The van der Waals surface area contributed by atoms with Crippen molar-refractivity contribution in [2.75, 3.05) is 24.6 Å². The highest BCUT2D eigenvalue weighted by Crippen LogP contribution is 2.29. The predicted molar refractivity (Wildman–Crippen MR) is 128 cm³/mol. The summed E-state index contributed by atoms with van der Waals surface area (Å²) in [6.45, 7) is 12.0. The van der Waals surface area contributed by atoms with Crippen LogP contribution in [0.4, 0.5) is 11.4 Å². The number of anilines is 1. The Balaban J connectivity index is 1.82. The number of aryl methyl sites for hydroxylation is 1. The average molecular weight is 446 g/mol. The number of hydrogen-bond donors (Lipinski definition) is 0. The number of carbonyl (C=O) groups is 1. The van der Waals surface area contributed by atoms with Crippen LogP contribution in [0.2, 0.25) is 0 Å². The van der Waals surface area contributed by atoms with E-state index in [1.807, 2.05) is 26.0 Å². The zero-order chi connectivity index (χ0) is 23.5. The van der Waals surface area contributed by atoms with Gasteiger partial charge in [0.1, 0.15) is 17.1 Å². The summed E-state index contributed by atoms with van der Waals surface area (Å²) in [6.07, 6.45) is 4.87. The molecule has 4 rings (SSSR count). The van der Waals surface area contributed by atoms with Gasteiger partial charge in [-0.25, -0.2) is 19.4 Å². The Kier molecular flexibility index (Phi) is 6.30. The molecule has 0 radical (unpaired) electrons. The second-order valence-electron chi connectivity index (χ2n) is 7.54. The number of aromatic nitrogens is 4. The standard InChI is InChI=1S/C24H27N7O2/c1-6-30(7-2)17-9-10-18(15(4)13-17)27-21-22(24(32)33-8-3)29-31-16(5)20(28-23(21)31)19-14-25-11-12-26-19/h9-14H,6-8H2,1-5H3. The van der Waals surface area contributed by atoms with Gasteiger partial charge in [0.2, 0.25) is 0 Å². The van der Waals surface area contributed by atoms with Crippen LogP contribution < -0.4 is 4.90 Å². The molecule has 33 heavy (non-hydrogen) atoms. The fourth-order valence-corrected chi connectivity index (χ4v) is 3.80. The van der Waals surface area contributed by atoms with Crippen LogP contribution in [0.25, 0.3) is 11.4 Å². The van der Waals surface area contributed by atoms with E-state index in [1.54, 1.807) is 30.2 Å². The molecule has 0 aliphatic carbocycles. The molecule has 1 aromatic carbocycles. The lowest BCUT2D eigenvalue weighted by molar-refractivity contribution is -0.134. The van der Waals surface area contributed by atoms with Crippen molar-refractivity contribution in [3.63, 3.8) is 0 Å². The number of imidazole rings is 1. The molecule has 9 heteroatoms. The monoisotopic (exact) mass is 445 g/mol. The van der Waals surface area contributed by atoms with Crippen molar-refractivity contribution < 1.29 is 9.53 Å². The molecule has 170 valence electrons. The minimum Gasteiger partial charge on any atom is -0.461 e. The van der Waals surface area contributed by atoms with E-state index < -0.39 is 5.97 Å². The number of rotatable bonds is 7. The van der Waals surface area contributed by atoms with E-state index in [1.165, 1.54) is 0 Å². The minimum atomic E-state index is -0.528. The smallest absolute Gasteiger partial charge is 0.361 e. The zero-order valence-corrected chi connectivity index (χ0v) is 19.5. The summed E-state index contributed by atoms with van der Waals surface area (Å²) in [5.74, 6) is -0.0527. The molecule has 0 saturated carbocycles. The third-order valence-corrected chi connectivity index (χ3v) is 5.53. The van der Waals surface area contributed by atoms with E-state index in [-0.39, 0.29) is 12.3 Å². The fourth-order valence-electron chi connectivity index (χ4n) is 3.80. The van der Waals surface area contributed by atoms with Crippen LogP contribution in [0.1, 0.15) is 37.9 Å². The Morgan fingerprint density at radius 2 is 1.94 bits per heavy atom. The van der Waals surface area contributed by atoms with Crippen LogP contribution in [0.15, 0.2) is 46.9 Å². The Morgan fingerprint density at radius 1 is 1.15 bits per heavy atom. The maximum atomic E-state index is 12.7. The van der Waals surface area contributed by atoms with Crippen LogP contribution >= 0.6 is 0 Å². The molecule has 2 aromatic heterocycles. The molecule has 3 aromatic rings. The van der Waals surface area contributed by atoms with Crippen molar-refractivity contribution in [3.05, 3.63) is 53.9 Å². The number of aliphatic imine (C=N–C) groups is 1. The van der Waals surface area contributed by atoms with E-state index in [9.17, 15) is 4.79 Å². The van der Waals surface area contributed by atoms with Crippen molar-refractivity contribution in [1.29, 1.82) is 0 Å². The highest BCUT2D eigenvalue weighted by atomic mass is 16.5. The molecule has 0 fully saturated rings. The van der Waals surface area contributed by atoms with Gasteiger partial charge in [0, 0.05) is 31.2 Å². The van der Waals surface area contributed by atoms with E-state index >= 15 is 0 Å². The lowest BCUT2D eigenvalue weighted by Crippen LogP contribution is -2.25. The van der Waals surface area contributed by atoms with E-state index in [4.69, 9.17) is 14.7 Å². The molecule has 3 heterocycles. The predicted octanol–water partition coefficient (Wildman–Crippen LogP) is 3.70. The third-order valence-electron chi connectivity index (χ3n) is 5.53. The van der Waals surface area contributed by atoms with Gasteiger partial charge in [-0.1, -0.05) is 0 Å². The van der Waals surface area contributed by atoms with Gasteiger partial charge >= 0.3 is 5.97 Å². The topological polar surface area (TPSA) is 97.9 Å². The van der Waals surface area contributed by atoms with Gasteiger partial charge in [-0.15, -0.1) is 0 Å². The van der Waals surface area contributed by atoms with Crippen molar-refractivity contribution in [2.45, 2.75) is 34.6 Å². The second kappa shape index (κ2) is 9.32. The SMILES string of the molecule is CCOC(=O)C1=Nn2c(nc(-c3cnccn3)c2C)C1=Nc1ccc(N(CC)CC)cc1C. The first-order valence-electron chi connectivity index (χ1n) is 11.0. The lowest BCUT2D eigenvalue weighted by atomic mass is 10.1. The fraction of sp³-hybridized carbons (Fsp3) is 0.333. The van der Waals surface area contributed by atoms with E-state index in [0.717, 1.165) is 35.7 Å². The van der Waals surface area contributed by atoms with Crippen LogP contribution in [0.5, 0.6) is 0 Å². The van der Waals surface area contributed by atoms with E-state index in [2.05, 4.69) is 39.9 Å². The highest BCUT2D eigenvalue weighted by molar-refractivity contribution is 6.69. The maximum absolute atomic E-state index is 12.7. The number of ether oxygens (including phenoxy) is 1. The van der Waals surface area contributed by atoms with Gasteiger partial charge in [0.15, 0.2) is 11.5 Å². The van der Waals surface area contributed by atoms with Crippen LogP contribution in [0.3, 0.4) is 0 Å². The second-order valence-corrected chi connectivity index (χ2v) is 7.54. The minimum absolute atomic E-state index is 0.139. The Bertz CT molecular complexity index is 1240. The summed E-state index contributed by atoms with van der Waals surface area (Å²) in [5.41, 5.74) is 5.40. The zero-order valence-electron chi connectivity index (χ0n) is 19.5. The molecule has 0 unspecified atom stereocenters. The Morgan fingerprint density at radius 3 is 2.58 bits per heavy atom. The molecule has 0 spiro atoms. The van der Waals surface area contributed by atoms with Crippen molar-refractivity contribution >= 4 is 28.8 Å². The summed E-state index contributed by atoms with van der Waals surface area (Å²) in [6, 6.07) is 6.10. The number of benzene rings is 1. The average Bonchev–Trinajstić information content (AvgIpc) is 3.34. The summed E-state index contributed by atoms with van der Waals surface area (Å²) in [5, 5.41) is 4.50.